The number of methoxy groups -OCH3 is 1. The van der Waals surface area contributed by atoms with E-state index in [0.29, 0.717) is 57.8 Å². The van der Waals surface area contributed by atoms with Crippen molar-refractivity contribution in [2.45, 2.75) is 26.8 Å². The third kappa shape index (κ3) is 4.43. The number of hydrogen-bond donors (Lipinski definition) is 2. The highest BCUT2D eigenvalue weighted by Crippen LogP contribution is 2.42. The van der Waals surface area contributed by atoms with E-state index in [2.05, 4.69) is 42.1 Å². The van der Waals surface area contributed by atoms with Crippen LogP contribution in [0.4, 0.5) is 11.6 Å². The fourth-order valence-corrected chi connectivity index (χ4v) is 4.48. The maximum atomic E-state index is 13.7. The van der Waals surface area contributed by atoms with Gasteiger partial charge in [0.05, 0.1) is 36.1 Å². The number of nitrogens with zero attached hydrogens (tertiary/aromatic N) is 4. The monoisotopic (exact) mass is 528 g/mol. The zero-order valence-corrected chi connectivity index (χ0v) is 20.8. The quantitative estimate of drug-likeness (QED) is 0.447. The second-order valence-electron chi connectivity index (χ2n) is 7.36. The lowest BCUT2D eigenvalue weighted by molar-refractivity contribution is -0.113. The first-order valence-corrected chi connectivity index (χ1v) is 11.6. The second kappa shape index (κ2) is 10.1. The molecule has 2 N–H and O–H groups in total. The molecule has 0 aliphatic carbocycles. The molecule has 1 aromatic heterocycles. The van der Waals surface area contributed by atoms with Crippen LogP contribution < -0.4 is 24.8 Å². The number of tetrazole rings is 1. The number of ether oxygens (including phenoxy) is 3. The summed E-state index contributed by atoms with van der Waals surface area (Å²) >= 11 is 3.56. The maximum absolute atomic E-state index is 13.7. The van der Waals surface area contributed by atoms with Crippen LogP contribution in [-0.4, -0.2) is 46.4 Å². The number of anilines is 2. The SMILES string of the molecule is CCOc1ccccc1NC(=O)C1=C(C)Nc2nnnn2C1c1cc(Br)c(OC)c(OCC)c1. The summed E-state index contributed by atoms with van der Waals surface area (Å²) in [6, 6.07) is 10.4. The van der Waals surface area contributed by atoms with Crippen LogP contribution in [0.3, 0.4) is 0 Å². The Morgan fingerprint density at radius 2 is 1.91 bits per heavy atom. The summed E-state index contributed by atoms with van der Waals surface area (Å²) in [6.45, 7) is 6.53. The molecule has 0 saturated heterocycles. The van der Waals surface area contributed by atoms with Gasteiger partial charge >= 0.3 is 0 Å². The topological polar surface area (TPSA) is 112 Å². The van der Waals surface area contributed by atoms with Crippen molar-refractivity contribution in [3.8, 4) is 17.2 Å². The zero-order chi connectivity index (χ0) is 24.2. The molecule has 2 heterocycles. The summed E-state index contributed by atoms with van der Waals surface area (Å²) in [5.74, 6) is 1.81. The van der Waals surface area contributed by atoms with Crippen LogP contribution >= 0.6 is 15.9 Å². The molecule has 10 nitrogen and oxygen atoms in total. The third-order valence-corrected chi connectivity index (χ3v) is 5.83. The molecule has 1 aliphatic rings. The van der Waals surface area contributed by atoms with Gasteiger partial charge in [0.2, 0.25) is 5.95 Å². The predicted molar refractivity (Wildman–Crippen MR) is 130 cm³/mol. The minimum absolute atomic E-state index is 0.312. The van der Waals surface area contributed by atoms with Crippen molar-refractivity contribution in [1.29, 1.82) is 0 Å². The molecule has 4 rings (SSSR count). The van der Waals surface area contributed by atoms with Crippen LogP contribution in [0.25, 0.3) is 0 Å². The molecule has 0 spiro atoms. The lowest BCUT2D eigenvalue weighted by Gasteiger charge is -2.28. The number of benzene rings is 2. The molecule has 3 aromatic rings. The second-order valence-corrected chi connectivity index (χ2v) is 8.22. The number of allylic oxidation sites excluding steroid dienone is 1. The lowest BCUT2D eigenvalue weighted by Crippen LogP contribution is -2.31. The van der Waals surface area contributed by atoms with E-state index in [1.165, 1.54) is 0 Å². The number of halogens is 1. The Bertz CT molecular complexity index is 1240. The summed E-state index contributed by atoms with van der Waals surface area (Å²) in [4.78, 5) is 13.7. The number of carbonyl (C=O) groups is 1. The number of rotatable bonds is 8. The van der Waals surface area contributed by atoms with E-state index < -0.39 is 6.04 Å². The maximum Gasteiger partial charge on any atom is 0.255 e. The summed E-state index contributed by atoms with van der Waals surface area (Å²) in [5, 5.41) is 18.1. The van der Waals surface area contributed by atoms with Crippen LogP contribution in [0.15, 0.2) is 52.1 Å². The Labute approximate surface area is 205 Å². The molecule has 1 unspecified atom stereocenters. The smallest absolute Gasteiger partial charge is 0.255 e. The number of aromatic nitrogens is 4. The number of fused-ring (bicyclic) bond motifs is 1. The van der Waals surface area contributed by atoms with Gasteiger partial charge in [-0.3, -0.25) is 4.79 Å². The van der Waals surface area contributed by atoms with Crippen LogP contribution in [0, 0.1) is 0 Å². The predicted octanol–water partition coefficient (Wildman–Crippen LogP) is 4.17. The highest BCUT2D eigenvalue weighted by atomic mass is 79.9. The number of para-hydroxylation sites is 2. The third-order valence-electron chi connectivity index (χ3n) is 5.25. The Morgan fingerprint density at radius 3 is 2.65 bits per heavy atom. The molecule has 2 aromatic carbocycles. The molecule has 34 heavy (non-hydrogen) atoms. The van der Waals surface area contributed by atoms with Gasteiger partial charge in [-0.2, -0.15) is 4.68 Å². The van der Waals surface area contributed by atoms with Crippen molar-refractivity contribution < 1.29 is 19.0 Å². The molecule has 0 bridgehead atoms. The zero-order valence-electron chi connectivity index (χ0n) is 19.3. The first kappa shape index (κ1) is 23.6. The Balaban J connectivity index is 1.80. The average Bonchev–Trinajstić information content (AvgIpc) is 3.27. The normalized spacial score (nSPS) is 14.8. The molecular formula is C23H25BrN6O4. The fraction of sp³-hybridized carbons (Fsp3) is 0.304. The molecule has 1 aliphatic heterocycles. The van der Waals surface area contributed by atoms with E-state index in [9.17, 15) is 4.79 Å². The highest BCUT2D eigenvalue weighted by Gasteiger charge is 2.35. The van der Waals surface area contributed by atoms with E-state index >= 15 is 0 Å². The molecule has 1 amide bonds. The van der Waals surface area contributed by atoms with Crippen LogP contribution in [0.5, 0.6) is 17.2 Å². The average molecular weight is 529 g/mol. The van der Waals surface area contributed by atoms with Crippen molar-refractivity contribution in [2.75, 3.05) is 31.0 Å². The molecule has 0 radical (unpaired) electrons. The highest BCUT2D eigenvalue weighted by molar-refractivity contribution is 9.10. The summed E-state index contributed by atoms with van der Waals surface area (Å²) < 4.78 is 19.2. The number of amides is 1. The van der Waals surface area contributed by atoms with Gasteiger partial charge in [0.25, 0.3) is 5.91 Å². The summed E-state index contributed by atoms with van der Waals surface area (Å²) in [7, 11) is 1.57. The van der Waals surface area contributed by atoms with Gasteiger partial charge < -0.3 is 24.8 Å². The number of carbonyl (C=O) groups excluding carboxylic acids is 1. The minimum Gasteiger partial charge on any atom is -0.492 e. The van der Waals surface area contributed by atoms with Crippen molar-refractivity contribution in [3.05, 3.63) is 57.7 Å². The van der Waals surface area contributed by atoms with Crippen LogP contribution in [-0.2, 0) is 4.79 Å². The van der Waals surface area contributed by atoms with Gasteiger partial charge in [0, 0.05) is 5.70 Å². The molecule has 178 valence electrons. The van der Waals surface area contributed by atoms with Gasteiger partial charge in [-0.25, -0.2) is 0 Å². The molecule has 1 atom stereocenters. The van der Waals surface area contributed by atoms with Crippen molar-refractivity contribution >= 4 is 33.5 Å². The fourth-order valence-electron chi connectivity index (χ4n) is 3.86. The molecule has 0 saturated carbocycles. The standard InChI is InChI=1S/C23H25BrN6O4/c1-5-33-17-10-8-7-9-16(17)26-22(31)19-13(3)25-23-27-28-29-30(23)20(19)14-11-15(24)21(32-4)18(12-14)34-6-2/h7-12,20H,5-6H2,1-4H3,(H,26,31)(H,25,27,29). The van der Waals surface area contributed by atoms with Crippen molar-refractivity contribution in [3.63, 3.8) is 0 Å². The van der Waals surface area contributed by atoms with Gasteiger partial charge in [-0.15, -0.1) is 0 Å². The van der Waals surface area contributed by atoms with E-state index in [1.807, 2.05) is 51.1 Å². The van der Waals surface area contributed by atoms with Crippen LogP contribution in [0.1, 0.15) is 32.4 Å². The molecule has 0 fully saturated rings. The largest absolute Gasteiger partial charge is 0.492 e. The van der Waals surface area contributed by atoms with E-state index in [-0.39, 0.29) is 5.91 Å². The van der Waals surface area contributed by atoms with Gasteiger partial charge in [-0.05, 0) is 77.0 Å². The Kier molecular flexibility index (Phi) is 7.01. The van der Waals surface area contributed by atoms with E-state index in [4.69, 9.17) is 14.2 Å². The van der Waals surface area contributed by atoms with Gasteiger partial charge in [0.1, 0.15) is 11.8 Å². The van der Waals surface area contributed by atoms with Crippen LogP contribution in [0.2, 0.25) is 0 Å². The first-order valence-electron chi connectivity index (χ1n) is 10.8. The summed E-state index contributed by atoms with van der Waals surface area (Å²) in [5.41, 5.74) is 2.39. The molecular weight excluding hydrogens is 504 g/mol. The lowest BCUT2D eigenvalue weighted by atomic mass is 9.94. The van der Waals surface area contributed by atoms with Crippen molar-refractivity contribution in [2.24, 2.45) is 0 Å². The Hall–Kier alpha value is -3.60. The number of nitrogens with one attached hydrogen (secondary N) is 2. The molecule has 11 heteroatoms. The van der Waals surface area contributed by atoms with Crippen molar-refractivity contribution in [1.82, 2.24) is 20.2 Å². The minimum atomic E-state index is -0.619. The first-order chi connectivity index (χ1) is 16.5. The Morgan fingerprint density at radius 1 is 1.18 bits per heavy atom. The van der Waals surface area contributed by atoms with Gasteiger partial charge in [0.15, 0.2) is 11.5 Å². The van der Waals surface area contributed by atoms with E-state index in [0.717, 1.165) is 5.56 Å². The summed E-state index contributed by atoms with van der Waals surface area (Å²) in [6.07, 6.45) is 0. The number of hydrogen-bond acceptors (Lipinski definition) is 8. The van der Waals surface area contributed by atoms with E-state index in [1.54, 1.807) is 17.9 Å². The van der Waals surface area contributed by atoms with Gasteiger partial charge in [-0.1, -0.05) is 17.2 Å².